The number of hydrogen-bond acceptors (Lipinski definition) is 3. The van der Waals surface area contributed by atoms with Gasteiger partial charge >= 0.3 is 0 Å². The monoisotopic (exact) mass is 269 g/mol. The Kier molecular flexibility index (Phi) is 4.16. The van der Waals surface area contributed by atoms with E-state index < -0.39 is 0 Å². The van der Waals surface area contributed by atoms with Gasteiger partial charge in [0.05, 0.1) is 0 Å². The summed E-state index contributed by atoms with van der Waals surface area (Å²) in [7, 11) is 0. The fourth-order valence-corrected chi connectivity index (χ4v) is 3.05. The van der Waals surface area contributed by atoms with Gasteiger partial charge in [0.1, 0.15) is 0 Å². The van der Waals surface area contributed by atoms with E-state index in [0.29, 0.717) is 6.04 Å². The summed E-state index contributed by atoms with van der Waals surface area (Å²) >= 11 is 0. The maximum Gasteiger partial charge on any atom is 0.0447 e. The van der Waals surface area contributed by atoms with Gasteiger partial charge in [0, 0.05) is 48.0 Å². The maximum atomic E-state index is 4.22. The standard InChI is InChI=1S/C17H23N3/c1-2-9-19-15-7-11-20(12-8-15)17-5-3-4-14-13-18-10-6-16(14)17/h3-6,10,13,15,19H,2,7-9,11-12H2,1H3. The predicted molar refractivity (Wildman–Crippen MR) is 85.3 cm³/mol. The second-order valence-electron chi connectivity index (χ2n) is 5.59. The molecule has 1 N–H and O–H groups in total. The molecule has 0 radical (unpaired) electrons. The minimum absolute atomic E-state index is 0.697. The Balaban J connectivity index is 1.74. The Morgan fingerprint density at radius 1 is 1.25 bits per heavy atom. The summed E-state index contributed by atoms with van der Waals surface area (Å²) in [6.45, 7) is 5.66. The molecule has 0 atom stereocenters. The third kappa shape index (κ3) is 2.78. The lowest BCUT2D eigenvalue weighted by Crippen LogP contribution is -2.42. The summed E-state index contributed by atoms with van der Waals surface area (Å²) in [5, 5.41) is 6.20. The van der Waals surface area contributed by atoms with Crippen LogP contribution in [-0.2, 0) is 0 Å². The summed E-state index contributed by atoms with van der Waals surface area (Å²) in [4.78, 5) is 6.74. The smallest absolute Gasteiger partial charge is 0.0447 e. The normalized spacial score (nSPS) is 16.8. The summed E-state index contributed by atoms with van der Waals surface area (Å²) in [6, 6.07) is 9.35. The van der Waals surface area contributed by atoms with E-state index in [1.54, 1.807) is 0 Å². The second-order valence-corrected chi connectivity index (χ2v) is 5.59. The highest BCUT2D eigenvalue weighted by atomic mass is 15.1. The van der Waals surface area contributed by atoms with Crippen molar-refractivity contribution in [2.75, 3.05) is 24.5 Å². The van der Waals surface area contributed by atoms with E-state index in [9.17, 15) is 0 Å². The largest absolute Gasteiger partial charge is 0.371 e. The molecule has 1 aliphatic heterocycles. The van der Waals surface area contributed by atoms with E-state index in [4.69, 9.17) is 0 Å². The summed E-state index contributed by atoms with van der Waals surface area (Å²) in [6.07, 6.45) is 7.54. The topological polar surface area (TPSA) is 28.2 Å². The molecule has 1 aromatic heterocycles. The van der Waals surface area contributed by atoms with E-state index in [0.717, 1.165) is 19.6 Å². The fraction of sp³-hybridized carbons (Fsp3) is 0.471. The summed E-state index contributed by atoms with van der Waals surface area (Å²) < 4.78 is 0. The molecule has 1 aliphatic rings. The minimum atomic E-state index is 0.697. The Labute approximate surface area is 121 Å². The third-order valence-corrected chi connectivity index (χ3v) is 4.18. The van der Waals surface area contributed by atoms with Gasteiger partial charge in [-0.3, -0.25) is 4.98 Å². The van der Waals surface area contributed by atoms with Crippen molar-refractivity contribution in [3.8, 4) is 0 Å². The molecule has 106 valence electrons. The van der Waals surface area contributed by atoms with E-state index in [1.165, 1.54) is 35.7 Å². The van der Waals surface area contributed by atoms with Crippen LogP contribution in [-0.4, -0.2) is 30.7 Å². The summed E-state index contributed by atoms with van der Waals surface area (Å²) in [5.41, 5.74) is 1.36. The Morgan fingerprint density at radius 2 is 2.10 bits per heavy atom. The van der Waals surface area contributed by atoms with Crippen LogP contribution in [0.5, 0.6) is 0 Å². The molecule has 0 aliphatic carbocycles. The van der Waals surface area contributed by atoms with Crippen LogP contribution in [0.25, 0.3) is 10.8 Å². The van der Waals surface area contributed by atoms with Gasteiger partial charge in [-0.15, -0.1) is 0 Å². The molecule has 0 amide bonds. The van der Waals surface area contributed by atoms with Crippen LogP contribution >= 0.6 is 0 Å². The van der Waals surface area contributed by atoms with Crippen LogP contribution in [0.4, 0.5) is 5.69 Å². The van der Waals surface area contributed by atoms with Crippen LogP contribution < -0.4 is 10.2 Å². The molecule has 1 fully saturated rings. The van der Waals surface area contributed by atoms with Crippen molar-refractivity contribution in [1.29, 1.82) is 0 Å². The fourth-order valence-electron chi connectivity index (χ4n) is 3.05. The van der Waals surface area contributed by atoms with Gasteiger partial charge in [0.25, 0.3) is 0 Å². The number of fused-ring (bicyclic) bond motifs is 1. The summed E-state index contributed by atoms with van der Waals surface area (Å²) in [5.74, 6) is 0. The van der Waals surface area contributed by atoms with Crippen LogP contribution in [0.1, 0.15) is 26.2 Å². The SMILES string of the molecule is CCCNC1CCN(c2cccc3cnccc23)CC1. The first-order valence-electron chi connectivity index (χ1n) is 7.69. The molecule has 0 spiro atoms. The van der Waals surface area contributed by atoms with Crippen molar-refractivity contribution in [3.05, 3.63) is 36.7 Å². The molecule has 1 aromatic carbocycles. The number of rotatable bonds is 4. The highest BCUT2D eigenvalue weighted by Crippen LogP contribution is 2.28. The highest BCUT2D eigenvalue weighted by Gasteiger charge is 2.19. The molecular formula is C17H23N3. The van der Waals surface area contributed by atoms with Gasteiger partial charge in [-0.2, -0.15) is 0 Å². The molecule has 0 bridgehead atoms. The number of nitrogens with one attached hydrogen (secondary N) is 1. The van der Waals surface area contributed by atoms with Crippen LogP contribution in [0.3, 0.4) is 0 Å². The Bertz CT molecular complexity index is 554. The zero-order valence-corrected chi connectivity index (χ0v) is 12.2. The molecule has 1 saturated heterocycles. The lowest BCUT2D eigenvalue weighted by Gasteiger charge is -2.34. The average Bonchev–Trinajstić information content (AvgIpc) is 2.53. The van der Waals surface area contributed by atoms with Crippen LogP contribution in [0.15, 0.2) is 36.7 Å². The van der Waals surface area contributed by atoms with Crippen molar-refractivity contribution >= 4 is 16.5 Å². The lowest BCUT2D eigenvalue weighted by atomic mass is 10.0. The number of aromatic nitrogens is 1. The number of anilines is 1. The number of pyridine rings is 1. The van der Waals surface area contributed by atoms with Crippen molar-refractivity contribution in [2.24, 2.45) is 0 Å². The molecule has 0 saturated carbocycles. The van der Waals surface area contributed by atoms with E-state index in [2.05, 4.69) is 46.4 Å². The first-order valence-corrected chi connectivity index (χ1v) is 7.69. The molecule has 3 nitrogen and oxygen atoms in total. The Hall–Kier alpha value is -1.61. The molecular weight excluding hydrogens is 246 g/mol. The first-order chi connectivity index (χ1) is 9.88. The van der Waals surface area contributed by atoms with Crippen molar-refractivity contribution in [1.82, 2.24) is 10.3 Å². The number of piperidine rings is 1. The highest BCUT2D eigenvalue weighted by molar-refractivity contribution is 5.93. The van der Waals surface area contributed by atoms with Gasteiger partial charge in [-0.1, -0.05) is 19.1 Å². The van der Waals surface area contributed by atoms with Gasteiger partial charge in [-0.05, 0) is 37.9 Å². The number of benzene rings is 1. The van der Waals surface area contributed by atoms with Gasteiger partial charge in [-0.25, -0.2) is 0 Å². The molecule has 2 aromatic rings. The molecule has 20 heavy (non-hydrogen) atoms. The van der Waals surface area contributed by atoms with E-state index >= 15 is 0 Å². The molecule has 3 heteroatoms. The average molecular weight is 269 g/mol. The quantitative estimate of drug-likeness (QED) is 0.924. The van der Waals surface area contributed by atoms with Crippen LogP contribution in [0.2, 0.25) is 0 Å². The minimum Gasteiger partial charge on any atom is -0.371 e. The predicted octanol–water partition coefficient (Wildman–Crippen LogP) is 3.20. The number of nitrogens with zero attached hydrogens (tertiary/aromatic N) is 2. The first kappa shape index (κ1) is 13.4. The lowest BCUT2D eigenvalue weighted by molar-refractivity contribution is 0.416. The number of hydrogen-bond donors (Lipinski definition) is 1. The maximum absolute atomic E-state index is 4.22. The van der Waals surface area contributed by atoms with Crippen molar-refractivity contribution in [3.63, 3.8) is 0 Å². The van der Waals surface area contributed by atoms with Gasteiger partial charge in [0.15, 0.2) is 0 Å². The second kappa shape index (κ2) is 6.23. The van der Waals surface area contributed by atoms with E-state index in [1.807, 2.05) is 12.4 Å². The van der Waals surface area contributed by atoms with Gasteiger partial charge < -0.3 is 10.2 Å². The third-order valence-electron chi connectivity index (χ3n) is 4.18. The van der Waals surface area contributed by atoms with Crippen molar-refractivity contribution in [2.45, 2.75) is 32.2 Å². The zero-order valence-electron chi connectivity index (χ0n) is 12.2. The molecule has 2 heterocycles. The van der Waals surface area contributed by atoms with Gasteiger partial charge in [0.2, 0.25) is 0 Å². The van der Waals surface area contributed by atoms with Crippen molar-refractivity contribution < 1.29 is 0 Å². The van der Waals surface area contributed by atoms with E-state index in [-0.39, 0.29) is 0 Å². The van der Waals surface area contributed by atoms with Crippen LogP contribution in [0, 0.1) is 0 Å². The Morgan fingerprint density at radius 3 is 2.90 bits per heavy atom. The molecule has 3 rings (SSSR count). The zero-order chi connectivity index (χ0) is 13.8. The molecule has 0 unspecified atom stereocenters.